The van der Waals surface area contributed by atoms with Gasteiger partial charge in [-0.25, -0.2) is 0 Å². The van der Waals surface area contributed by atoms with E-state index in [-0.39, 0.29) is 6.10 Å². The normalized spacial score (nSPS) is 11.4. The summed E-state index contributed by atoms with van der Waals surface area (Å²) in [6, 6.07) is 20.5. The van der Waals surface area contributed by atoms with Gasteiger partial charge < -0.3 is 19.5 Å². The molecule has 0 unspecified atom stereocenters. The first-order valence-corrected chi connectivity index (χ1v) is 9.80. The van der Waals surface area contributed by atoms with Crippen LogP contribution < -0.4 is 10.1 Å². The average Bonchev–Trinajstić information content (AvgIpc) is 3.32. The van der Waals surface area contributed by atoms with Gasteiger partial charge >= 0.3 is 0 Å². The van der Waals surface area contributed by atoms with Crippen LogP contribution in [0.3, 0.4) is 0 Å². The first-order chi connectivity index (χ1) is 13.7. The Morgan fingerprint density at radius 1 is 1.04 bits per heavy atom. The number of para-hydroxylation sites is 1. The average molecular weight is 374 g/mol. The minimum absolute atomic E-state index is 0.156. The number of furan rings is 1. The van der Waals surface area contributed by atoms with Crippen molar-refractivity contribution in [2.45, 2.75) is 32.9 Å². The lowest BCUT2D eigenvalue weighted by Gasteiger charge is -2.10. The molecule has 0 saturated heterocycles. The lowest BCUT2D eigenvalue weighted by molar-refractivity contribution is 0.242. The Labute approximate surface area is 165 Å². The SMILES string of the molecule is CC(C)Oc1cccc(-c2ccc(CNCCc3c[nH]c4ccccc34)o2)c1. The topological polar surface area (TPSA) is 50.2 Å². The number of ether oxygens (including phenoxy) is 1. The minimum Gasteiger partial charge on any atom is -0.491 e. The van der Waals surface area contributed by atoms with Crippen LogP contribution in [-0.2, 0) is 13.0 Å². The van der Waals surface area contributed by atoms with E-state index in [2.05, 4.69) is 40.8 Å². The van der Waals surface area contributed by atoms with Gasteiger partial charge in [0.15, 0.2) is 0 Å². The highest BCUT2D eigenvalue weighted by Crippen LogP contribution is 2.26. The molecule has 0 radical (unpaired) electrons. The van der Waals surface area contributed by atoms with Gasteiger partial charge in [-0.1, -0.05) is 30.3 Å². The standard InChI is InChI=1S/C24H26N2O2/c1-17(2)27-20-7-5-6-18(14-20)24-11-10-21(28-24)16-25-13-12-19-15-26-23-9-4-3-8-22(19)23/h3-11,14-15,17,25-26H,12-13,16H2,1-2H3. The summed E-state index contributed by atoms with van der Waals surface area (Å²) in [7, 11) is 0. The van der Waals surface area contributed by atoms with E-state index >= 15 is 0 Å². The molecule has 0 spiro atoms. The molecule has 144 valence electrons. The zero-order valence-corrected chi connectivity index (χ0v) is 16.4. The van der Waals surface area contributed by atoms with E-state index in [0.717, 1.165) is 35.8 Å². The predicted molar refractivity (Wildman–Crippen MR) is 114 cm³/mol. The van der Waals surface area contributed by atoms with E-state index in [0.29, 0.717) is 6.54 Å². The van der Waals surface area contributed by atoms with Crippen molar-refractivity contribution in [1.29, 1.82) is 0 Å². The number of aromatic nitrogens is 1. The number of hydrogen-bond donors (Lipinski definition) is 2. The third kappa shape index (κ3) is 4.29. The molecule has 0 aliphatic rings. The molecule has 0 aliphatic heterocycles. The van der Waals surface area contributed by atoms with Crippen LogP contribution in [0.1, 0.15) is 25.2 Å². The van der Waals surface area contributed by atoms with Crippen molar-refractivity contribution in [3.63, 3.8) is 0 Å². The van der Waals surface area contributed by atoms with E-state index in [1.54, 1.807) is 0 Å². The number of aromatic amines is 1. The highest BCUT2D eigenvalue weighted by Gasteiger charge is 2.07. The van der Waals surface area contributed by atoms with Gasteiger partial charge in [-0.3, -0.25) is 0 Å². The third-order valence-corrected chi connectivity index (χ3v) is 4.70. The summed E-state index contributed by atoms with van der Waals surface area (Å²) in [6.07, 6.45) is 3.24. The zero-order valence-electron chi connectivity index (χ0n) is 16.4. The van der Waals surface area contributed by atoms with E-state index in [1.807, 2.05) is 50.2 Å². The second-order valence-corrected chi connectivity index (χ2v) is 7.25. The lowest BCUT2D eigenvalue weighted by atomic mass is 10.1. The Morgan fingerprint density at radius 3 is 2.82 bits per heavy atom. The fraction of sp³-hybridized carbons (Fsp3) is 0.250. The number of H-pyrrole nitrogens is 1. The molecule has 2 heterocycles. The minimum atomic E-state index is 0.156. The molecule has 2 aromatic heterocycles. The Kier molecular flexibility index (Phi) is 5.49. The number of nitrogens with one attached hydrogen (secondary N) is 2. The quantitative estimate of drug-likeness (QED) is 0.398. The fourth-order valence-corrected chi connectivity index (χ4v) is 3.40. The van der Waals surface area contributed by atoms with E-state index < -0.39 is 0 Å². The maximum Gasteiger partial charge on any atom is 0.134 e. The van der Waals surface area contributed by atoms with Gasteiger partial charge in [0, 0.05) is 22.7 Å². The van der Waals surface area contributed by atoms with Crippen molar-refractivity contribution < 1.29 is 9.15 Å². The van der Waals surface area contributed by atoms with Crippen molar-refractivity contribution in [2.75, 3.05) is 6.54 Å². The van der Waals surface area contributed by atoms with Crippen LogP contribution in [0.2, 0.25) is 0 Å². The second kappa shape index (κ2) is 8.36. The molecule has 0 bridgehead atoms. The number of benzene rings is 2. The molecule has 0 fully saturated rings. The molecular weight excluding hydrogens is 348 g/mol. The van der Waals surface area contributed by atoms with Crippen molar-refractivity contribution in [3.8, 4) is 17.1 Å². The molecule has 0 aliphatic carbocycles. The van der Waals surface area contributed by atoms with Gasteiger partial charge in [-0.05, 0) is 62.7 Å². The largest absolute Gasteiger partial charge is 0.491 e. The summed E-state index contributed by atoms with van der Waals surface area (Å²) in [6.45, 7) is 5.67. The number of hydrogen-bond acceptors (Lipinski definition) is 3. The van der Waals surface area contributed by atoms with Crippen LogP contribution in [0.5, 0.6) is 5.75 Å². The highest BCUT2D eigenvalue weighted by atomic mass is 16.5. The Balaban J connectivity index is 1.33. The maximum atomic E-state index is 6.01. The summed E-state index contributed by atoms with van der Waals surface area (Å²) in [5, 5.41) is 4.77. The van der Waals surface area contributed by atoms with Crippen LogP contribution in [0.15, 0.2) is 71.3 Å². The molecule has 0 saturated carbocycles. The summed E-state index contributed by atoms with van der Waals surface area (Å²) in [4.78, 5) is 3.33. The summed E-state index contributed by atoms with van der Waals surface area (Å²) < 4.78 is 11.8. The van der Waals surface area contributed by atoms with Gasteiger partial charge in [-0.15, -0.1) is 0 Å². The molecule has 4 aromatic rings. The van der Waals surface area contributed by atoms with E-state index in [4.69, 9.17) is 9.15 Å². The van der Waals surface area contributed by atoms with E-state index in [1.165, 1.54) is 16.5 Å². The number of fused-ring (bicyclic) bond motifs is 1. The molecule has 2 N–H and O–H groups in total. The number of rotatable bonds is 8. The maximum absolute atomic E-state index is 6.01. The first kappa shape index (κ1) is 18.4. The third-order valence-electron chi connectivity index (χ3n) is 4.70. The van der Waals surface area contributed by atoms with E-state index in [9.17, 15) is 0 Å². The Hall–Kier alpha value is -2.98. The van der Waals surface area contributed by atoms with Crippen molar-refractivity contribution in [2.24, 2.45) is 0 Å². The molecule has 0 atom stereocenters. The van der Waals surface area contributed by atoms with Gasteiger partial charge in [0.2, 0.25) is 0 Å². The monoisotopic (exact) mass is 374 g/mol. The van der Waals surface area contributed by atoms with Gasteiger partial charge in [0.05, 0.1) is 12.6 Å². The smallest absolute Gasteiger partial charge is 0.134 e. The molecule has 4 heteroatoms. The zero-order chi connectivity index (χ0) is 19.3. The molecule has 2 aromatic carbocycles. The van der Waals surface area contributed by atoms with Crippen molar-refractivity contribution in [1.82, 2.24) is 10.3 Å². The molecule has 4 rings (SSSR count). The summed E-state index contributed by atoms with van der Waals surface area (Å²) >= 11 is 0. The second-order valence-electron chi connectivity index (χ2n) is 7.25. The first-order valence-electron chi connectivity index (χ1n) is 9.80. The molecule has 0 amide bonds. The van der Waals surface area contributed by atoms with Crippen LogP contribution in [0, 0.1) is 0 Å². The summed E-state index contributed by atoms with van der Waals surface area (Å²) in [5.41, 5.74) is 3.56. The molecule has 28 heavy (non-hydrogen) atoms. The van der Waals surface area contributed by atoms with Gasteiger partial charge in [0.1, 0.15) is 17.3 Å². The van der Waals surface area contributed by atoms with Gasteiger partial charge in [0.25, 0.3) is 0 Å². The Bertz CT molecular complexity index is 1050. The fourth-order valence-electron chi connectivity index (χ4n) is 3.40. The van der Waals surface area contributed by atoms with Gasteiger partial charge in [-0.2, -0.15) is 0 Å². The van der Waals surface area contributed by atoms with Crippen LogP contribution in [0.4, 0.5) is 0 Å². The lowest BCUT2D eigenvalue weighted by Crippen LogP contribution is -2.16. The van der Waals surface area contributed by atoms with Crippen LogP contribution in [-0.4, -0.2) is 17.6 Å². The Morgan fingerprint density at radius 2 is 1.93 bits per heavy atom. The van der Waals surface area contributed by atoms with Crippen LogP contribution in [0.25, 0.3) is 22.2 Å². The molecule has 4 nitrogen and oxygen atoms in total. The van der Waals surface area contributed by atoms with Crippen LogP contribution >= 0.6 is 0 Å². The van der Waals surface area contributed by atoms with Crippen molar-refractivity contribution >= 4 is 10.9 Å². The predicted octanol–water partition coefficient (Wildman–Crippen LogP) is 5.55. The van der Waals surface area contributed by atoms with Crippen molar-refractivity contribution in [3.05, 3.63) is 78.2 Å². The highest BCUT2D eigenvalue weighted by molar-refractivity contribution is 5.83. The molecular formula is C24H26N2O2. The summed E-state index contributed by atoms with van der Waals surface area (Å²) in [5.74, 6) is 2.66.